The molecule has 0 saturated heterocycles. The number of carbonyl (C=O) groups excluding carboxylic acids is 1. The van der Waals surface area contributed by atoms with Crippen molar-refractivity contribution in [2.45, 2.75) is 31.8 Å². The van der Waals surface area contributed by atoms with Gasteiger partial charge in [-0.3, -0.25) is 9.63 Å². The molecular formula is C10H19NO3. The second kappa shape index (κ2) is 5.32. The van der Waals surface area contributed by atoms with Crippen LogP contribution in [-0.4, -0.2) is 38.3 Å². The van der Waals surface area contributed by atoms with E-state index in [0.29, 0.717) is 6.10 Å². The number of hydrogen-bond donors (Lipinski definition) is 0. The van der Waals surface area contributed by atoms with Gasteiger partial charge in [-0.1, -0.05) is 0 Å². The van der Waals surface area contributed by atoms with Gasteiger partial charge in [0.15, 0.2) is 0 Å². The molecule has 0 spiro atoms. The molecule has 4 nitrogen and oxygen atoms in total. The Morgan fingerprint density at radius 1 is 1.21 bits per heavy atom. The predicted molar refractivity (Wildman–Crippen MR) is 52.5 cm³/mol. The highest BCUT2D eigenvalue weighted by Gasteiger charge is 2.28. The minimum atomic E-state index is 0.0852. The molecule has 0 aromatic rings. The lowest BCUT2D eigenvalue weighted by atomic mass is 9.87. The van der Waals surface area contributed by atoms with E-state index in [0.717, 1.165) is 25.7 Å². The van der Waals surface area contributed by atoms with E-state index in [-0.39, 0.29) is 11.8 Å². The van der Waals surface area contributed by atoms with Gasteiger partial charge in [-0.05, 0) is 25.7 Å². The summed E-state index contributed by atoms with van der Waals surface area (Å²) in [5.41, 5.74) is 0. The van der Waals surface area contributed by atoms with Crippen LogP contribution in [0.3, 0.4) is 0 Å². The first-order valence-electron chi connectivity index (χ1n) is 5.03. The Labute approximate surface area is 85.1 Å². The van der Waals surface area contributed by atoms with Crippen LogP contribution in [0.25, 0.3) is 0 Å². The maximum absolute atomic E-state index is 11.7. The largest absolute Gasteiger partial charge is 0.381 e. The van der Waals surface area contributed by atoms with Crippen LogP contribution in [0.1, 0.15) is 25.7 Å². The molecule has 0 atom stereocenters. The Morgan fingerprint density at radius 3 is 2.21 bits per heavy atom. The fourth-order valence-electron chi connectivity index (χ4n) is 1.89. The normalized spacial score (nSPS) is 27.4. The molecule has 1 amide bonds. The van der Waals surface area contributed by atoms with Crippen molar-refractivity contribution in [3.63, 3.8) is 0 Å². The van der Waals surface area contributed by atoms with E-state index < -0.39 is 0 Å². The van der Waals surface area contributed by atoms with Crippen molar-refractivity contribution in [1.82, 2.24) is 5.06 Å². The van der Waals surface area contributed by atoms with Crippen LogP contribution in [0, 0.1) is 5.92 Å². The van der Waals surface area contributed by atoms with Crippen molar-refractivity contribution in [2.24, 2.45) is 5.92 Å². The molecular weight excluding hydrogens is 182 g/mol. The minimum Gasteiger partial charge on any atom is -0.381 e. The van der Waals surface area contributed by atoms with Gasteiger partial charge in [0.05, 0.1) is 13.2 Å². The third kappa shape index (κ3) is 2.69. The summed E-state index contributed by atoms with van der Waals surface area (Å²) in [5.74, 6) is 0.202. The highest BCUT2D eigenvalue weighted by molar-refractivity contribution is 5.77. The van der Waals surface area contributed by atoms with Crippen molar-refractivity contribution in [3.05, 3.63) is 0 Å². The number of hydrogen-bond acceptors (Lipinski definition) is 3. The summed E-state index contributed by atoms with van der Waals surface area (Å²) in [6.45, 7) is 0. The third-order valence-corrected chi connectivity index (χ3v) is 2.94. The Morgan fingerprint density at radius 2 is 1.79 bits per heavy atom. The SMILES string of the molecule is CON(C)C(=O)[C@H]1CC[C@H](OC)CC1. The van der Waals surface area contributed by atoms with Crippen LogP contribution < -0.4 is 0 Å². The molecule has 1 saturated carbocycles. The van der Waals surface area contributed by atoms with E-state index in [4.69, 9.17) is 9.57 Å². The van der Waals surface area contributed by atoms with E-state index in [1.54, 1.807) is 14.2 Å². The summed E-state index contributed by atoms with van der Waals surface area (Å²) in [6.07, 6.45) is 4.11. The van der Waals surface area contributed by atoms with Gasteiger partial charge in [0.25, 0.3) is 0 Å². The molecule has 0 radical (unpaired) electrons. The lowest BCUT2D eigenvalue weighted by molar-refractivity contribution is -0.175. The number of amides is 1. The molecule has 1 aliphatic carbocycles. The Balaban J connectivity index is 2.37. The summed E-state index contributed by atoms with van der Waals surface area (Å²) in [6, 6.07) is 0. The first-order chi connectivity index (χ1) is 6.69. The van der Waals surface area contributed by atoms with Gasteiger partial charge in [0.1, 0.15) is 0 Å². The maximum atomic E-state index is 11.7. The van der Waals surface area contributed by atoms with Gasteiger partial charge in [-0.15, -0.1) is 0 Å². The van der Waals surface area contributed by atoms with Gasteiger partial charge in [0, 0.05) is 20.1 Å². The van der Waals surface area contributed by atoms with Gasteiger partial charge in [-0.2, -0.15) is 0 Å². The summed E-state index contributed by atoms with van der Waals surface area (Å²) < 4.78 is 5.25. The number of hydroxylamine groups is 2. The van der Waals surface area contributed by atoms with E-state index in [2.05, 4.69) is 0 Å². The van der Waals surface area contributed by atoms with Crippen molar-refractivity contribution >= 4 is 5.91 Å². The fraction of sp³-hybridized carbons (Fsp3) is 0.900. The molecule has 1 rings (SSSR count). The molecule has 0 aromatic carbocycles. The monoisotopic (exact) mass is 201 g/mol. The average Bonchev–Trinajstić information content (AvgIpc) is 2.27. The fourth-order valence-corrected chi connectivity index (χ4v) is 1.89. The van der Waals surface area contributed by atoms with Crippen LogP contribution >= 0.6 is 0 Å². The van der Waals surface area contributed by atoms with Crippen LogP contribution in [0.2, 0.25) is 0 Å². The van der Waals surface area contributed by atoms with Gasteiger partial charge < -0.3 is 4.74 Å². The molecule has 82 valence electrons. The van der Waals surface area contributed by atoms with E-state index in [9.17, 15) is 4.79 Å². The molecule has 0 unspecified atom stereocenters. The number of methoxy groups -OCH3 is 1. The lowest BCUT2D eigenvalue weighted by Crippen LogP contribution is -2.35. The van der Waals surface area contributed by atoms with Crippen LogP contribution in [-0.2, 0) is 14.4 Å². The van der Waals surface area contributed by atoms with Gasteiger partial charge in [-0.25, -0.2) is 5.06 Å². The summed E-state index contributed by atoms with van der Waals surface area (Å²) in [7, 11) is 4.90. The smallest absolute Gasteiger partial charge is 0.248 e. The molecule has 14 heavy (non-hydrogen) atoms. The molecule has 4 heteroatoms. The number of carbonyl (C=O) groups is 1. The zero-order valence-electron chi connectivity index (χ0n) is 9.16. The first kappa shape index (κ1) is 11.5. The van der Waals surface area contributed by atoms with Gasteiger partial charge in [0.2, 0.25) is 5.91 Å². The number of nitrogens with zero attached hydrogens (tertiary/aromatic N) is 1. The zero-order valence-corrected chi connectivity index (χ0v) is 9.16. The highest BCUT2D eigenvalue weighted by Crippen LogP contribution is 2.27. The van der Waals surface area contributed by atoms with Crippen molar-refractivity contribution in [3.8, 4) is 0 Å². The average molecular weight is 201 g/mol. The van der Waals surface area contributed by atoms with Gasteiger partial charge >= 0.3 is 0 Å². The second-order valence-corrected chi connectivity index (χ2v) is 3.73. The molecule has 0 aromatic heterocycles. The molecule has 0 N–H and O–H groups in total. The third-order valence-electron chi connectivity index (χ3n) is 2.94. The molecule has 0 heterocycles. The second-order valence-electron chi connectivity index (χ2n) is 3.73. The summed E-state index contributed by atoms with van der Waals surface area (Å²) in [5, 5.41) is 1.32. The molecule has 1 fully saturated rings. The molecule has 1 aliphatic rings. The topological polar surface area (TPSA) is 38.8 Å². The highest BCUT2D eigenvalue weighted by atomic mass is 16.7. The lowest BCUT2D eigenvalue weighted by Gasteiger charge is -2.28. The van der Waals surface area contributed by atoms with Crippen molar-refractivity contribution in [1.29, 1.82) is 0 Å². The first-order valence-corrected chi connectivity index (χ1v) is 5.03. The van der Waals surface area contributed by atoms with Crippen molar-refractivity contribution in [2.75, 3.05) is 21.3 Å². The minimum absolute atomic E-state index is 0.0852. The molecule has 0 bridgehead atoms. The van der Waals surface area contributed by atoms with E-state index in [1.165, 1.54) is 12.2 Å². The maximum Gasteiger partial charge on any atom is 0.248 e. The Hall–Kier alpha value is -0.610. The zero-order chi connectivity index (χ0) is 10.6. The van der Waals surface area contributed by atoms with E-state index >= 15 is 0 Å². The quantitative estimate of drug-likeness (QED) is 0.644. The van der Waals surface area contributed by atoms with Crippen LogP contribution in [0.5, 0.6) is 0 Å². The standard InChI is InChI=1S/C10H19NO3/c1-11(14-3)10(12)8-4-6-9(13-2)7-5-8/h8-9H,4-7H2,1-3H3/t8-,9-. The predicted octanol–water partition coefficient (Wildman–Crippen LogP) is 1.21. The number of ether oxygens (including phenoxy) is 1. The van der Waals surface area contributed by atoms with Crippen LogP contribution in [0.4, 0.5) is 0 Å². The summed E-state index contributed by atoms with van der Waals surface area (Å²) in [4.78, 5) is 16.6. The summed E-state index contributed by atoms with van der Waals surface area (Å²) >= 11 is 0. The van der Waals surface area contributed by atoms with Crippen LogP contribution in [0.15, 0.2) is 0 Å². The number of rotatable bonds is 3. The molecule has 0 aliphatic heterocycles. The Bertz CT molecular complexity index is 188. The van der Waals surface area contributed by atoms with Crippen molar-refractivity contribution < 1.29 is 14.4 Å². The Kier molecular flexibility index (Phi) is 4.35. The van der Waals surface area contributed by atoms with E-state index in [1.807, 2.05) is 0 Å².